The number of imidazole rings is 1. The summed E-state index contributed by atoms with van der Waals surface area (Å²) in [5, 5.41) is 8.60. The fourth-order valence-corrected chi connectivity index (χ4v) is 1.86. The van der Waals surface area contributed by atoms with Crippen LogP contribution in [-0.2, 0) is 18.4 Å². The third-order valence-corrected chi connectivity index (χ3v) is 2.66. The lowest BCUT2D eigenvalue weighted by Gasteiger charge is -2.00. The molecule has 2 rings (SSSR count). The van der Waals surface area contributed by atoms with E-state index in [0.29, 0.717) is 5.52 Å². The molecule has 0 unspecified atom stereocenters. The average Bonchev–Trinajstić information content (AvgIpc) is 2.51. The van der Waals surface area contributed by atoms with E-state index >= 15 is 0 Å². The molecule has 0 aliphatic heterocycles. The number of halogens is 1. The van der Waals surface area contributed by atoms with Crippen molar-refractivity contribution in [3.8, 4) is 0 Å². The van der Waals surface area contributed by atoms with E-state index in [0.717, 1.165) is 0 Å². The first-order valence-electron chi connectivity index (χ1n) is 5.08. The Labute approximate surface area is 95.7 Å². The number of carboxylic acids is 1. The van der Waals surface area contributed by atoms with Gasteiger partial charge in [0.25, 0.3) is 0 Å². The summed E-state index contributed by atoms with van der Waals surface area (Å²) < 4.78 is 16.0. The lowest BCUT2D eigenvalue weighted by atomic mass is 10.3. The van der Waals surface area contributed by atoms with Crippen molar-refractivity contribution in [1.82, 2.24) is 9.13 Å². The number of fused-ring (bicyclic) bond motifs is 1. The summed E-state index contributed by atoms with van der Waals surface area (Å²) in [7, 11) is 1.46. The van der Waals surface area contributed by atoms with Gasteiger partial charge in [-0.2, -0.15) is 0 Å². The molecule has 0 amide bonds. The van der Waals surface area contributed by atoms with Crippen LogP contribution >= 0.6 is 0 Å². The van der Waals surface area contributed by atoms with Gasteiger partial charge in [0, 0.05) is 13.6 Å². The third-order valence-electron chi connectivity index (χ3n) is 2.66. The quantitative estimate of drug-likeness (QED) is 0.866. The predicted molar refractivity (Wildman–Crippen MR) is 59.4 cm³/mol. The van der Waals surface area contributed by atoms with Crippen molar-refractivity contribution in [1.29, 1.82) is 0 Å². The number of para-hydroxylation sites is 1. The fraction of sp³-hybridized carbons (Fsp3) is 0.273. The highest BCUT2D eigenvalue weighted by atomic mass is 19.1. The molecule has 1 aromatic carbocycles. The van der Waals surface area contributed by atoms with Crippen molar-refractivity contribution < 1.29 is 14.3 Å². The smallest absolute Gasteiger partial charge is 0.328 e. The number of nitrogens with zero attached hydrogens (tertiary/aromatic N) is 2. The lowest BCUT2D eigenvalue weighted by molar-refractivity contribution is -0.137. The van der Waals surface area contributed by atoms with Gasteiger partial charge < -0.3 is 5.11 Å². The maximum Gasteiger partial charge on any atom is 0.328 e. The van der Waals surface area contributed by atoms with Gasteiger partial charge in [-0.3, -0.25) is 13.9 Å². The molecule has 0 bridgehead atoms. The van der Waals surface area contributed by atoms with Gasteiger partial charge in [0.05, 0.1) is 11.9 Å². The molecule has 1 N–H and O–H groups in total. The van der Waals surface area contributed by atoms with Gasteiger partial charge in [-0.25, -0.2) is 9.18 Å². The van der Waals surface area contributed by atoms with Gasteiger partial charge >= 0.3 is 11.7 Å². The number of benzene rings is 1. The molecular formula is C11H11FN2O3. The van der Waals surface area contributed by atoms with Crippen LogP contribution in [0, 0.1) is 5.82 Å². The largest absolute Gasteiger partial charge is 0.481 e. The van der Waals surface area contributed by atoms with Crippen LogP contribution in [0.25, 0.3) is 11.0 Å². The Hall–Kier alpha value is -2.11. The van der Waals surface area contributed by atoms with Crippen molar-refractivity contribution in [2.75, 3.05) is 0 Å². The van der Waals surface area contributed by atoms with Gasteiger partial charge in [0.2, 0.25) is 0 Å². The monoisotopic (exact) mass is 238 g/mol. The summed E-state index contributed by atoms with van der Waals surface area (Å²) in [6, 6.07) is 4.36. The van der Waals surface area contributed by atoms with E-state index in [-0.39, 0.29) is 18.5 Å². The maximum absolute atomic E-state index is 13.5. The number of carbonyl (C=O) groups is 1. The normalized spacial score (nSPS) is 10.9. The zero-order valence-electron chi connectivity index (χ0n) is 9.18. The van der Waals surface area contributed by atoms with Crippen LogP contribution in [0.1, 0.15) is 6.42 Å². The minimum Gasteiger partial charge on any atom is -0.481 e. The first-order valence-corrected chi connectivity index (χ1v) is 5.08. The van der Waals surface area contributed by atoms with Gasteiger partial charge in [0.1, 0.15) is 11.3 Å². The van der Waals surface area contributed by atoms with Gasteiger partial charge in [-0.15, -0.1) is 0 Å². The molecule has 0 aliphatic carbocycles. The van der Waals surface area contributed by atoms with Gasteiger partial charge in [-0.05, 0) is 12.1 Å². The predicted octanol–water partition coefficient (Wildman–Crippen LogP) is 0.954. The SMILES string of the molecule is Cn1c(=O)n(CCC(=O)O)c2cccc(F)c21. The molecule has 1 aromatic heterocycles. The summed E-state index contributed by atoms with van der Waals surface area (Å²) in [5.74, 6) is -1.48. The van der Waals surface area contributed by atoms with Crippen LogP contribution in [0.3, 0.4) is 0 Å². The van der Waals surface area contributed by atoms with Crippen molar-refractivity contribution >= 4 is 17.0 Å². The van der Waals surface area contributed by atoms with E-state index in [2.05, 4.69) is 0 Å². The number of aryl methyl sites for hydroxylation is 2. The second-order valence-corrected chi connectivity index (χ2v) is 3.74. The molecular weight excluding hydrogens is 227 g/mol. The number of aromatic nitrogens is 2. The van der Waals surface area contributed by atoms with Crippen molar-refractivity contribution in [3.05, 3.63) is 34.5 Å². The summed E-state index contributed by atoms with van der Waals surface area (Å²) in [6.07, 6.45) is -0.171. The molecule has 17 heavy (non-hydrogen) atoms. The Balaban J connectivity index is 2.63. The van der Waals surface area contributed by atoms with E-state index < -0.39 is 17.5 Å². The summed E-state index contributed by atoms with van der Waals surface area (Å²) in [6.45, 7) is 0.0367. The molecule has 0 atom stereocenters. The number of hydrogen-bond donors (Lipinski definition) is 1. The van der Waals surface area contributed by atoms with E-state index in [1.807, 2.05) is 0 Å². The molecule has 0 aliphatic rings. The Morgan fingerprint density at radius 2 is 2.18 bits per heavy atom. The molecule has 5 nitrogen and oxygen atoms in total. The highest BCUT2D eigenvalue weighted by Crippen LogP contribution is 2.16. The van der Waals surface area contributed by atoms with Crippen LogP contribution in [0.15, 0.2) is 23.0 Å². The Bertz CT molecular complexity index is 642. The van der Waals surface area contributed by atoms with E-state index in [1.165, 1.54) is 28.3 Å². The fourth-order valence-electron chi connectivity index (χ4n) is 1.86. The zero-order chi connectivity index (χ0) is 12.6. The summed E-state index contributed by atoms with van der Waals surface area (Å²) in [4.78, 5) is 22.3. The number of aliphatic carboxylic acids is 1. The summed E-state index contributed by atoms with van der Waals surface area (Å²) in [5.41, 5.74) is 0.202. The van der Waals surface area contributed by atoms with Crippen LogP contribution in [0.5, 0.6) is 0 Å². The molecule has 0 fully saturated rings. The number of carboxylic acid groups (broad SMARTS) is 1. The third kappa shape index (κ3) is 1.82. The lowest BCUT2D eigenvalue weighted by Crippen LogP contribution is -2.23. The Morgan fingerprint density at radius 1 is 1.47 bits per heavy atom. The highest BCUT2D eigenvalue weighted by Gasteiger charge is 2.14. The standard InChI is InChI=1S/C11H11FN2O3/c1-13-10-7(12)3-2-4-8(10)14(11(13)17)6-5-9(15)16/h2-4H,5-6H2,1H3,(H,15,16). The number of rotatable bonds is 3. The molecule has 0 spiro atoms. The molecule has 2 aromatic rings. The van der Waals surface area contributed by atoms with E-state index in [1.54, 1.807) is 6.07 Å². The topological polar surface area (TPSA) is 64.2 Å². The molecule has 6 heteroatoms. The first-order chi connectivity index (χ1) is 8.02. The van der Waals surface area contributed by atoms with Crippen LogP contribution in [-0.4, -0.2) is 20.2 Å². The first kappa shape index (κ1) is 11.4. The maximum atomic E-state index is 13.5. The molecule has 1 heterocycles. The molecule has 0 saturated carbocycles. The Morgan fingerprint density at radius 3 is 2.82 bits per heavy atom. The van der Waals surface area contributed by atoms with Crippen molar-refractivity contribution in [3.63, 3.8) is 0 Å². The minimum atomic E-state index is -0.995. The zero-order valence-corrected chi connectivity index (χ0v) is 9.18. The second-order valence-electron chi connectivity index (χ2n) is 3.74. The van der Waals surface area contributed by atoms with Crippen LogP contribution in [0.2, 0.25) is 0 Å². The van der Waals surface area contributed by atoms with Gasteiger partial charge in [-0.1, -0.05) is 6.07 Å². The molecule has 90 valence electrons. The van der Waals surface area contributed by atoms with Crippen LogP contribution in [0.4, 0.5) is 4.39 Å². The van der Waals surface area contributed by atoms with Gasteiger partial charge in [0.15, 0.2) is 0 Å². The van der Waals surface area contributed by atoms with Crippen molar-refractivity contribution in [2.24, 2.45) is 7.05 Å². The summed E-state index contributed by atoms with van der Waals surface area (Å²) >= 11 is 0. The van der Waals surface area contributed by atoms with E-state index in [4.69, 9.17) is 5.11 Å². The highest BCUT2D eigenvalue weighted by molar-refractivity contribution is 5.77. The van der Waals surface area contributed by atoms with Crippen LogP contribution < -0.4 is 5.69 Å². The van der Waals surface area contributed by atoms with E-state index in [9.17, 15) is 14.0 Å². The van der Waals surface area contributed by atoms with Crippen molar-refractivity contribution in [2.45, 2.75) is 13.0 Å². The average molecular weight is 238 g/mol. The molecule has 0 saturated heterocycles. The number of hydrogen-bond acceptors (Lipinski definition) is 2. The Kier molecular flexibility index (Phi) is 2.71. The second kappa shape index (κ2) is 4.04. The minimum absolute atomic E-state index is 0.0367. The molecule has 0 radical (unpaired) electrons.